The first-order valence-corrected chi connectivity index (χ1v) is 6.04. The summed E-state index contributed by atoms with van der Waals surface area (Å²) in [4.78, 5) is 0. The van der Waals surface area contributed by atoms with Crippen LogP contribution < -0.4 is 15.8 Å². The van der Waals surface area contributed by atoms with Crippen LogP contribution in [0, 0.1) is 5.82 Å². The molecule has 0 saturated heterocycles. The molecular weight excluding hydrogens is 299 g/mol. The van der Waals surface area contributed by atoms with Gasteiger partial charge in [-0.25, -0.2) is 4.39 Å². The van der Waals surface area contributed by atoms with Gasteiger partial charge in [0.25, 0.3) is 0 Å². The predicted molar refractivity (Wildman–Crippen MR) is 74.8 cm³/mol. The van der Waals surface area contributed by atoms with E-state index in [1.807, 2.05) is 6.07 Å². The number of anilines is 3. The molecule has 94 valence electrons. The van der Waals surface area contributed by atoms with Crippen molar-refractivity contribution in [2.24, 2.45) is 0 Å². The molecule has 0 unspecified atom stereocenters. The Morgan fingerprint density at radius 2 is 1.94 bits per heavy atom. The Bertz CT molecular complexity index is 575. The SMILES string of the molecule is COc1cc(N)cc(Nc2ccc(F)c(Br)c2)c1. The summed E-state index contributed by atoms with van der Waals surface area (Å²) in [6.45, 7) is 0. The Hall–Kier alpha value is -1.75. The van der Waals surface area contributed by atoms with Crippen molar-refractivity contribution in [2.45, 2.75) is 0 Å². The van der Waals surface area contributed by atoms with Gasteiger partial charge in [-0.05, 0) is 40.2 Å². The number of nitrogens with two attached hydrogens (primary N) is 1. The van der Waals surface area contributed by atoms with Gasteiger partial charge in [-0.3, -0.25) is 0 Å². The summed E-state index contributed by atoms with van der Waals surface area (Å²) in [5, 5.41) is 3.13. The van der Waals surface area contributed by atoms with E-state index in [0.29, 0.717) is 15.9 Å². The third kappa shape index (κ3) is 2.92. The van der Waals surface area contributed by atoms with Gasteiger partial charge in [0.1, 0.15) is 11.6 Å². The van der Waals surface area contributed by atoms with E-state index in [0.717, 1.165) is 11.4 Å². The van der Waals surface area contributed by atoms with Gasteiger partial charge < -0.3 is 15.8 Å². The monoisotopic (exact) mass is 310 g/mol. The molecule has 0 radical (unpaired) electrons. The Kier molecular flexibility index (Phi) is 3.72. The second-order valence-corrected chi connectivity index (χ2v) is 4.60. The van der Waals surface area contributed by atoms with Crippen LogP contribution >= 0.6 is 15.9 Å². The summed E-state index contributed by atoms with van der Waals surface area (Å²) in [7, 11) is 1.58. The Labute approximate surface area is 113 Å². The lowest BCUT2D eigenvalue weighted by Crippen LogP contribution is -1.95. The van der Waals surface area contributed by atoms with E-state index in [4.69, 9.17) is 10.5 Å². The molecule has 0 spiro atoms. The molecule has 0 aliphatic heterocycles. The first kappa shape index (κ1) is 12.7. The summed E-state index contributed by atoms with van der Waals surface area (Å²) in [6.07, 6.45) is 0. The third-order valence-electron chi connectivity index (χ3n) is 2.37. The maximum atomic E-state index is 13.1. The lowest BCUT2D eigenvalue weighted by Gasteiger charge is -2.10. The van der Waals surface area contributed by atoms with Crippen molar-refractivity contribution in [1.82, 2.24) is 0 Å². The molecule has 0 fully saturated rings. The zero-order chi connectivity index (χ0) is 13.1. The van der Waals surface area contributed by atoms with Crippen LogP contribution in [0.15, 0.2) is 40.9 Å². The minimum absolute atomic E-state index is 0.300. The van der Waals surface area contributed by atoms with Crippen molar-refractivity contribution in [3.63, 3.8) is 0 Å². The molecule has 2 aromatic rings. The van der Waals surface area contributed by atoms with Crippen molar-refractivity contribution in [2.75, 3.05) is 18.2 Å². The molecular formula is C13H12BrFN2O. The van der Waals surface area contributed by atoms with Gasteiger partial charge in [0.2, 0.25) is 0 Å². The molecule has 3 N–H and O–H groups in total. The van der Waals surface area contributed by atoms with Crippen LogP contribution in [0.4, 0.5) is 21.5 Å². The second-order valence-electron chi connectivity index (χ2n) is 3.75. The number of hydrogen-bond donors (Lipinski definition) is 2. The molecule has 2 rings (SSSR count). The van der Waals surface area contributed by atoms with E-state index in [-0.39, 0.29) is 5.82 Å². The van der Waals surface area contributed by atoms with Crippen molar-refractivity contribution < 1.29 is 9.13 Å². The highest BCUT2D eigenvalue weighted by Crippen LogP contribution is 2.27. The zero-order valence-corrected chi connectivity index (χ0v) is 11.3. The molecule has 0 heterocycles. The van der Waals surface area contributed by atoms with Crippen molar-refractivity contribution >= 4 is 33.0 Å². The van der Waals surface area contributed by atoms with E-state index >= 15 is 0 Å². The third-order valence-corrected chi connectivity index (χ3v) is 2.98. The van der Waals surface area contributed by atoms with Crippen LogP contribution in [-0.4, -0.2) is 7.11 Å². The smallest absolute Gasteiger partial charge is 0.137 e. The highest BCUT2D eigenvalue weighted by Gasteiger charge is 2.03. The number of methoxy groups -OCH3 is 1. The van der Waals surface area contributed by atoms with Gasteiger partial charge in [0.05, 0.1) is 11.6 Å². The summed E-state index contributed by atoms with van der Waals surface area (Å²) in [5.74, 6) is 0.365. The van der Waals surface area contributed by atoms with E-state index < -0.39 is 0 Å². The van der Waals surface area contributed by atoms with Gasteiger partial charge in [-0.1, -0.05) is 0 Å². The quantitative estimate of drug-likeness (QED) is 0.845. The Balaban J connectivity index is 2.27. The number of rotatable bonds is 3. The van der Waals surface area contributed by atoms with Crippen LogP contribution in [-0.2, 0) is 0 Å². The van der Waals surface area contributed by atoms with E-state index in [1.54, 1.807) is 31.4 Å². The number of nitrogen functional groups attached to an aromatic ring is 1. The first-order chi connectivity index (χ1) is 8.58. The highest BCUT2D eigenvalue weighted by atomic mass is 79.9. The van der Waals surface area contributed by atoms with Crippen molar-refractivity contribution in [3.05, 3.63) is 46.7 Å². The Morgan fingerprint density at radius 1 is 1.17 bits per heavy atom. The standard InChI is InChI=1S/C13H12BrFN2O/c1-18-11-5-8(16)4-10(6-11)17-9-2-3-13(15)12(14)7-9/h2-7,17H,16H2,1H3. The Morgan fingerprint density at radius 3 is 2.61 bits per heavy atom. The topological polar surface area (TPSA) is 47.3 Å². The van der Waals surface area contributed by atoms with Gasteiger partial charge in [-0.2, -0.15) is 0 Å². The average molecular weight is 311 g/mol. The molecule has 0 aromatic heterocycles. The fourth-order valence-corrected chi connectivity index (χ4v) is 1.93. The normalized spacial score (nSPS) is 10.2. The fourth-order valence-electron chi connectivity index (χ4n) is 1.55. The maximum Gasteiger partial charge on any atom is 0.137 e. The minimum atomic E-state index is -0.300. The van der Waals surface area contributed by atoms with Crippen LogP contribution in [0.1, 0.15) is 0 Å². The van der Waals surface area contributed by atoms with Crippen LogP contribution in [0.2, 0.25) is 0 Å². The molecule has 0 saturated carbocycles. The van der Waals surface area contributed by atoms with Gasteiger partial charge in [0, 0.05) is 29.2 Å². The summed E-state index contributed by atoms with van der Waals surface area (Å²) >= 11 is 3.14. The average Bonchev–Trinajstić information content (AvgIpc) is 2.33. The van der Waals surface area contributed by atoms with Crippen molar-refractivity contribution in [1.29, 1.82) is 0 Å². The molecule has 0 bridgehead atoms. The summed E-state index contributed by atoms with van der Waals surface area (Å²) in [5.41, 5.74) is 7.89. The van der Waals surface area contributed by atoms with E-state index in [9.17, 15) is 4.39 Å². The number of hydrogen-bond acceptors (Lipinski definition) is 3. The van der Waals surface area contributed by atoms with Gasteiger partial charge in [0.15, 0.2) is 0 Å². The molecule has 3 nitrogen and oxygen atoms in total. The number of nitrogens with one attached hydrogen (secondary N) is 1. The second kappa shape index (κ2) is 5.27. The lowest BCUT2D eigenvalue weighted by atomic mass is 10.2. The van der Waals surface area contributed by atoms with Crippen LogP contribution in [0.5, 0.6) is 5.75 Å². The fraction of sp³-hybridized carbons (Fsp3) is 0.0769. The largest absolute Gasteiger partial charge is 0.497 e. The van der Waals surface area contributed by atoms with Gasteiger partial charge >= 0.3 is 0 Å². The van der Waals surface area contributed by atoms with E-state index in [1.165, 1.54) is 6.07 Å². The van der Waals surface area contributed by atoms with Crippen LogP contribution in [0.3, 0.4) is 0 Å². The van der Waals surface area contributed by atoms with Crippen LogP contribution in [0.25, 0.3) is 0 Å². The highest BCUT2D eigenvalue weighted by molar-refractivity contribution is 9.10. The number of ether oxygens (including phenoxy) is 1. The number of benzene rings is 2. The molecule has 0 amide bonds. The molecule has 2 aromatic carbocycles. The zero-order valence-electron chi connectivity index (χ0n) is 9.71. The molecule has 0 aliphatic carbocycles. The van der Waals surface area contributed by atoms with Gasteiger partial charge in [-0.15, -0.1) is 0 Å². The molecule has 18 heavy (non-hydrogen) atoms. The molecule has 0 atom stereocenters. The van der Waals surface area contributed by atoms with Crippen molar-refractivity contribution in [3.8, 4) is 5.75 Å². The number of halogens is 2. The minimum Gasteiger partial charge on any atom is -0.497 e. The summed E-state index contributed by atoms with van der Waals surface area (Å²) < 4.78 is 18.6. The first-order valence-electron chi connectivity index (χ1n) is 5.25. The molecule has 5 heteroatoms. The van der Waals surface area contributed by atoms with E-state index in [2.05, 4.69) is 21.2 Å². The molecule has 0 aliphatic rings. The maximum absolute atomic E-state index is 13.1. The summed E-state index contributed by atoms with van der Waals surface area (Å²) in [6, 6.07) is 10.0. The lowest BCUT2D eigenvalue weighted by molar-refractivity contribution is 0.415. The predicted octanol–water partition coefficient (Wildman–Crippen LogP) is 3.92.